The van der Waals surface area contributed by atoms with E-state index in [9.17, 15) is 4.79 Å². The van der Waals surface area contributed by atoms with Crippen LogP contribution in [-0.4, -0.2) is 24.2 Å². The Hall–Kier alpha value is -2.44. The molecule has 0 spiro atoms. The summed E-state index contributed by atoms with van der Waals surface area (Å²) >= 11 is 5.22. The number of aryl methyl sites for hydroxylation is 3. The molecule has 0 aliphatic heterocycles. The number of rotatable bonds is 6. The second kappa shape index (κ2) is 9.31. The molecule has 0 amide bonds. The molecule has 0 fully saturated rings. The fourth-order valence-electron chi connectivity index (χ4n) is 2.43. The highest BCUT2D eigenvalue weighted by Gasteiger charge is 2.14. The molecule has 0 unspecified atom stereocenters. The number of ether oxygens (including phenoxy) is 1. The first-order chi connectivity index (χ1) is 12.4. The molecule has 2 aromatic carbocycles. The third-order valence-electron chi connectivity index (χ3n) is 3.96. The number of nitrogens with two attached hydrogens (primary N) is 1. The Balaban J connectivity index is 2.04. The Bertz CT molecular complexity index is 788. The lowest BCUT2D eigenvalue weighted by Gasteiger charge is -2.15. The lowest BCUT2D eigenvalue weighted by atomic mass is 10.0. The molecule has 5 nitrogen and oxygen atoms in total. The van der Waals surface area contributed by atoms with E-state index in [2.05, 4.69) is 10.6 Å². The van der Waals surface area contributed by atoms with Gasteiger partial charge in [0.15, 0.2) is 5.11 Å². The van der Waals surface area contributed by atoms with Crippen molar-refractivity contribution < 1.29 is 9.53 Å². The van der Waals surface area contributed by atoms with Gasteiger partial charge in [0.05, 0.1) is 5.56 Å². The van der Waals surface area contributed by atoms with E-state index in [1.54, 1.807) is 0 Å². The molecular formula is C20H25N3O2S. The van der Waals surface area contributed by atoms with Crippen LogP contribution in [0.3, 0.4) is 0 Å². The van der Waals surface area contributed by atoms with Crippen molar-refractivity contribution in [1.82, 2.24) is 5.32 Å². The minimum absolute atomic E-state index is 0.255. The number of carbonyl (C=O) groups excluding carboxylic acids is 1. The van der Waals surface area contributed by atoms with Crippen LogP contribution in [0.4, 0.5) is 5.69 Å². The number of esters is 1. The van der Waals surface area contributed by atoms with E-state index in [0.717, 1.165) is 22.4 Å². The third kappa shape index (κ3) is 5.54. The van der Waals surface area contributed by atoms with Gasteiger partial charge < -0.3 is 21.1 Å². The SMILES string of the molecule is Cc1ccc(COC(=O)c2cc(C)c(NC(=S)NCCN)cc2C)cc1. The van der Waals surface area contributed by atoms with Gasteiger partial charge in [-0.1, -0.05) is 29.8 Å². The third-order valence-corrected chi connectivity index (χ3v) is 4.21. The van der Waals surface area contributed by atoms with Crippen LogP contribution in [0.1, 0.15) is 32.6 Å². The molecule has 2 aromatic rings. The van der Waals surface area contributed by atoms with Crippen molar-refractivity contribution >= 4 is 29.0 Å². The van der Waals surface area contributed by atoms with Crippen LogP contribution in [0.25, 0.3) is 0 Å². The second-order valence-electron chi connectivity index (χ2n) is 6.21. The lowest BCUT2D eigenvalue weighted by Crippen LogP contribution is -2.32. The zero-order chi connectivity index (χ0) is 19.1. The van der Waals surface area contributed by atoms with Crippen molar-refractivity contribution in [3.8, 4) is 0 Å². The number of thiocarbonyl (C=S) groups is 1. The van der Waals surface area contributed by atoms with Gasteiger partial charge in [0.2, 0.25) is 0 Å². The number of benzene rings is 2. The Morgan fingerprint density at radius 1 is 1.12 bits per heavy atom. The van der Waals surface area contributed by atoms with Crippen LogP contribution in [0.5, 0.6) is 0 Å². The molecule has 0 aliphatic carbocycles. The number of nitrogens with one attached hydrogen (secondary N) is 2. The predicted octanol–water partition coefficient (Wildman–Crippen LogP) is 3.21. The molecule has 26 heavy (non-hydrogen) atoms. The van der Waals surface area contributed by atoms with E-state index in [0.29, 0.717) is 23.8 Å². The van der Waals surface area contributed by atoms with Crippen molar-refractivity contribution in [1.29, 1.82) is 0 Å². The van der Waals surface area contributed by atoms with Crippen molar-refractivity contribution in [2.24, 2.45) is 5.73 Å². The summed E-state index contributed by atoms with van der Waals surface area (Å²) in [4.78, 5) is 12.4. The summed E-state index contributed by atoms with van der Waals surface area (Å²) in [6.45, 7) is 7.19. The Kier molecular flexibility index (Phi) is 7.12. The van der Waals surface area contributed by atoms with Gasteiger partial charge in [-0.25, -0.2) is 4.79 Å². The van der Waals surface area contributed by atoms with Crippen molar-refractivity contribution in [2.75, 3.05) is 18.4 Å². The summed E-state index contributed by atoms with van der Waals surface area (Å²) in [5.74, 6) is -0.332. The maximum atomic E-state index is 12.4. The summed E-state index contributed by atoms with van der Waals surface area (Å²) in [7, 11) is 0. The average molecular weight is 372 g/mol. The lowest BCUT2D eigenvalue weighted by molar-refractivity contribution is 0.0472. The first-order valence-electron chi connectivity index (χ1n) is 8.49. The Labute approximate surface area is 159 Å². The molecule has 4 N–H and O–H groups in total. The first kappa shape index (κ1) is 19.9. The molecule has 0 saturated carbocycles. The van der Waals surface area contributed by atoms with Gasteiger partial charge in [0.1, 0.15) is 6.61 Å². The number of hydrogen-bond acceptors (Lipinski definition) is 4. The molecule has 0 radical (unpaired) electrons. The van der Waals surface area contributed by atoms with Crippen LogP contribution in [0, 0.1) is 20.8 Å². The average Bonchev–Trinajstić information content (AvgIpc) is 2.62. The molecule has 6 heteroatoms. The van der Waals surface area contributed by atoms with Crippen LogP contribution >= 0.6 is 12.2 Å². The monoisotopic (exact) mass is 371 g/mol. The topological polar surface area (TPSA) is 76.4 Å². The standard InChI is InChI=1S/C20H25N3O2S/c1-13-4-6-16(7-5-13)12-25-19(24)17-10-15(3)18(11-14(17)2)23-20(26)22-9-8-21/h4-7,10-11H,8-9,12,21H2,1-3H3,(H2,22,23,26). The van der Waals surface area contributed by atoms with E-state index in [4.69, 9.17) is 22.7 Å². The normalized spacial score (nSPS) is 10.3. The van der Waals surface area contributed by atoms with Crippen LogP contribution < -0.4 is 16.4 Å². The van der Waals surface area contributed by atoms with Gasteiger partial charge in [-0.15, -0.1) is 0 Å². The fourth-order valence-corrected chi connectivity index (χ4v) is 2.65. The maximum absolute atomic E-state index is 12.4. The zero-order valence-corrected chi connectivity index (χ0v) is 16.2. The zero-order valence-electron chi connectivity index (χ0n) is 15.4. The van der Waals surface area contributed by atoms with Gasteiger partial charge in [-0.05, 0) is 61.8 Å². The minimum atomic E-state index is -0.332. The highest BCUT2D eigenvalue weighted by molar-refractivity contribution is 7.80. The molecule has 0 saturated heterocycles. The largest absolute Gasteiger partial charge is 0.457 e. The van der Waals surface area contributed by atoms with E-state index < -0.39 is 0 Å². The smallest absolute Gasteiger partial charge is 0.338 e. The number of hydrogen-bond donors (Lipinski definition) is 3. The Morgan fingerprint density at radius 2 is 1.81 bits per heavy atom. The van der Waals surface area contributed by atoms with Gasteiger partial charge in [0.25, 0.3) is 0 Å². The first-order valence-corrected chi connectivity index (χ1v) is 8.90. The van der Waals surface area contributed by atoms with Gasteiger partial charge in [-0.3, -0.25) is 0 Å². The molecule has 138 valence electrons. The number of carbonyl (C=O) groups is 1. The molecule has 0 atom stereocenters. The van der Waals surface area contributed by atoms with Crippen LogP contribution in [-0.2, 0) is 11.3 Å². The second-order valence-corrected chi connectivity index (χ2v) is 6.62. The quantitative estimate of drug-likeness (QED) is 0.535. The molecule has 0 aromatic heterocycles. The minimum Gasteiger partial charge on any atom is -0.457 e. The van der Waals surface area contributed by atoms with Crippen molar-refractivity contribution in [3.63, 3.8) is 0 Å². The molecule has 0 bridgehead atoms. The fraction of sp³-hybridized carbons (Fsp3) is 0.300. The van der Waals surface area contributed by atoms with Crippen LogP contribution in [0.2, 0.25) is 0 Å². The van der Waals surface area contributed by atoms with E-state index in [1.807, 2.05) is 57.2 Å². The summed E-state index contributed by atoms with van der Waals surface area (Å²) in [5.41, 5.74) is 10.7. The van der Waals surface area contributed by atoms with Crippen molar-refractivity contribution in [2.45, 2.75) is 27.4 Å². The van der Waals surface area contributed by atoms with E-state index in [1.165, 1.54) is 5.56 Å². The maximum Gasteiger partial charge on any atom is 0.338 e. The molecular weight excluding hydrogens is 346 g/mol. The summed E-state index contributed by atoms with van der Waals surface area (Å²) in [6.07, 6.45) is 0. The predicted molar refractivity (Wildman–Crippen MR) is 109 cm³/mol. The van der Waals surface area contributed by atoms with Crippen molar-refractivity contribution in [3.05, 3.63) is 64.2 Å². The summed E-state index contributed by atoms with van der Waals surface area (Å²) in [6, 6.07) is 11.6. The van der Waals surface area contributed by atoms with Gasteiger partial charge in [-0.2, -0.15) is 0 Å². The molecule has 0 heterocycles. The van der Waals surface area contributed by atoms with Gasteiger partial charge in [0, 0.05) is 18.8 Å². The summed E-state index contributed by atoms with van der Waals surface area (Å²) in [5, 5.41) is 6.65. The summed E-state index contributed by atoms with van der Waals surface area (Å²) < 4.78 is 5.45. The molecule has 0 aliphatic rings. The van der Waals surface area contributed by atoms with Gasteiger partial charge >= 0.3 is 5.97 Å². The van der Waals surface area contributed by atoms with E-state index in [-0.39, 0.29) is 12.6 Å². The number of anilines is 1. The van der Waals surface area contributed by atoms with E-state index >= 15 is 0 Å². The highest BCUT2D eigenvalue weighted by atomic mass is 32.1. The van der Waals surface area contributed by atoms with Crippen LogP contribution in [0.15, 0.2) is 36.4 Å². The molecule has 2 rings (SSSR count). The highest BCUT2D eigenvalue weighted by Crippen LogP contribution is 2.22. The Morgan fingerprint density at radius 3 is 2.46 bits per heavy atom.